The van der Waals surface area contributed by atoms with E-state index in [0.29, 0.717) is 11.9 Å². The summed E-state index contributed by atoms with van der Waals surface area (Å²) < 4.78 is 29.2. The number of hydrogen-bond acceptors (Lipinski definition) is 4. The molecule has 2 N–H and O–H groups in total. The van der Waals surface area contributed by atoms with Gasteiger partial charge in [-0.3, -0.25) is 4.98 Å². The molecular weight excluding hydrogens is 290 g/mol. The minimum absolute atomic E-state index is 0.0905. The largest absolute Gasteiger partial charge is 0.435 e. The predicted octanol–water partition coefficient (Wildman–Crippen LogP) is 3.72. The summed E-state index contributed by atoms with van der Waals surface area (Å²) in [6, 6.07) is 6.68. The van der Waals surface area contributed by atoms with Crippen LogP contribution in [0.5, 0.6) is 5.75 Å². The molecule has 1 atom stereocenters. The van der Waals surface area contributed by atoms with Crippen LogP contribution in [-0.2, 0) is 0 Å². The van der Waals surface area contributed by atoms with Crippen molar-refractivity contribution in [1.29, 1.82) is 0 Å². The maximum absolute atomic E-state index is 12.4. The van der Waals surface area contributed by atoms with Gasteiger partial charge in [-0.05, 0) is 44.0 Å². The molecule has 1 aromatic heterocycles. The number of aliphatic hydroxyl groups is 1. The molecule has 0 amide bonds. The molecule has 0 radical (unpaired) electrons. The topological polar surface area (TPSA) is 54.4 Å². The number of pyridine rings is 1. The highest BCUT2D eigenvalue weighted by atomic mass is 19.3. The van der Waals surface area contributed by atoms with Crippen molar-refractivity contribution < 1.29 is 18.6 Å². The number of hydrogen-bond donors (Lipinski definition) is 2. The lowest BCUT2D eigenvalue weighted by molar-refractivity contribution is -0.0497. The van der Waals surface area contributed by atoms with Crippen LogP contribution in [0.4, 0.5) is 14.5 Å². The van der Waals surface area contributed by atoms with Gasteiger partial charge in [-0.15, -0.1) is 0 Å². The Balaban J connectivity index is 2.41. The lowest BCUT2D eigenvalue weighted by Crippen LogP contribution is -2.20. The van der Waals surface area contributed by atoms with Gasteiger partial charge < -0.3 is 15.2 Å². The van der Waals surface area contributed by atoms with E-state index in [1.165, 1.54) is 6.07 Å². The molecule has 1 heterocycles. The van der Waals surface area contributed by atoms with Crippen LogP contribution in [-0.4, -0.2) is 29.4 Å². The SMILES string of the molecule is CCC(CCO)Nc1cc(C)nc2ccc(OC(F)F)cc12. The number of aromatic nitrogens is 1. The summed E-state index contributed by atoms with van der Waals surface area (Å²) >= 11 is 0. The van der Waals surface area contributed by atoms with E-state index >= 15 is 0 Å². The molecule has 0 spiro atoms. The number of aryl methyl sites for hydroxylation is 1. The molecule has 0 saturated heterocycles. The summed E-state index contributed by atoms with van der Waals surface area (Å²) in [6.07, 6.45) is 1.46. The van der Waals surface area contributed by atoms with Crippen molar-refractivity contribution in [1.82, 2.24) is 4.98 Å². The van der Waals surface area contributed by atoms with Crippen LogP contribution in [0.2, 0.25) is 0 Å². The van der Waals surface area contributed by atoms with Crippen molar-refractivity contribution in [2.24, 2.45) is 0 Å². The van der Waals surface area contributed by atoms with Gasteiger partial charge in [0.1, 0.15) is 5.75 Å². The van der Waals surface area contributed by atoms with E-state index in [-0.39, 0.29) is 18.4 Å². The number of aliphatic hydroxyl groups excluding tert-OH is 1. The summed E-state index contributed by atoms with van der Waals surface area (Å²) in [5.74, 6) is 0.103. The maximum atomic E-state index is 12.4. The fourth-order valence-electron chi connectivity index (χ4n) is 2.39. The molecule has 0 bridgehead atoms. The van der Waals surface area contributed by atoms with Gasteiger partial charge in [0.25, 0.3) is 0 Å². The number of nitrogens with one attached hydrogen (secondary N) is 1. The Morgan fingerprint density at radius 3 is 2.73 bits per heavy atom. The van der Waals surface area contributed by atoms with Crippen molar-refractivity contribution >= 4 is 16.6 Å². The Hall–Kier alpha value is -1.95. The molecule has 0 aliphatic rings. The molecule has 0 aliphatic heterocycles. The minimum Gasteiger partial charge on any atom is -0.435 e. The number of alkyl halides is 2. The first-order valence-corrected chi connectivity index (χ1v) is 7.27. The molecule has 0 fully saturated rings. The normalized spacial score (nSPS) is 12.6. The third kappa shape index (κ3) is 4.04. The first kappa shape index (κ1) is 16.4. The van der Waals surface area contributed by atoms with E-state index in [2.05, 4.69) is 15.0 Å². The van der Waals surface area contributed by atoms with E-state index in [1.54, 1.807) is 12.1 Å². The third-order valence-electron chi connectivity index (χ3n) is 3.46. The zero-order valence-electron chi connectivity index (χ0n) is 12.6. The highest BCUT2D eigenvalue weighted by molar-refractivity contribution is 5.92. The van der Waals surface area contributed by atoms with Crippen LogP contribution in [0.15, 0.2) is 24.3 Å². The highest BCUT2D eigenvalue weighted by Gasteiger charge is 2.12. The predicted molar refractivity (Wildman–Crippen MR) is 82.5 cm³/mol. The number of halogens is 2. The maximum Gasteiger partial charge on any atom is 0.387 e. The smallest absolute Gasteiger partial charge is 0.387 e. The Bertz CT molecular complexity index is 635. The summed E-state index contributed by atoms with van der Waals surface area (Å²) in [5.41, 5.74) is 2.35. The van der Waals surface area contributed by atoms with Crippen molar-refractivity contribution in [2.75, 3.05) is 11.9 Å². The number of nitrogens with zero attached hydrogens (tertiary/aromatic N) is 1. The molecule has 0 aliphatic carbocycles. The zero-order valence-corrected chi connectivity index (χ0v) is 12.6. The summed E-state index contributed by atoms with van der Waals surface area (Å²) in [5, 5.41) is 13.2. The summed E-state index contributed by atoms with van der Waals surface area (Å²) in [7, 11) is 0. The van der Waals surface area contributed by atoms with Crippen molar-refractivity contribution in [2.45, 2.75) is 39.3 Å². The molecular formula is C16H20F2N2O2. The van der Waals surface area contributed by atoms with Gasteiger partial charge in [0, 0.05) is 29.4 Å². The van der Waals surface area contributed by atoms with Crippen LogP contribution in [0.1, 0.15) is 25.5 Å². The number of fused-ring (bicyclic) bond motifs is 1. The van der Waals surface area contributed by atoms with Crippen LogP contribution in [0.25, 0.3) is 10.9 Å². The Morgan fingerprint density at radius 1 is 1.32 bits per heavy atom. The van der Waals surface area contributed by atoms with E-state index in [1.807, 2.05) is 19.9 Å². The molecule has 0 saturated carbocycles. The monoisotopic (exact) mass is 310 g/mol. The molecule has 120 valence electrons. The van der Waals surface area contributed by atoms with Gasteiger partial charge in [0.05, 0.1) is 5.52 Å². The Kier molecular flexibility index (Phi) is 5.49. The summed E-state index contributed by atoms with van der Waals surface area (Å²) in [4.78, 5) is 4.40. The van der Waals surface area contributed by atoms with E-state index in [0.717, 1.165) is 23.2 Å². The second kappa shape index (κ2) is 7.35. The fraction of sp³-hybridized carbons (Fsp3) is 0.438. The standard InChI is InChI=1S/C16H20F2N2O2/c1-3-11(6-7-21)20-15-8-10(2)19-14-5-4-12(9-13(14)15)22-16(17)18/h4-5,8-9,11,16,21H,3,6-7H2,1-2H3,(H,19,20). The van der Waals surface area contributed by atoms with Crippen molar-refractivity contribution in [3.05, 3.63) is 30.0 Å². The molecule has 1 aromatic carbocycles. The van der Waals surface area contributed by atoms with E-state index < -0.39 is 6.61 Å². The molecule has 22 heavy (non-hydrogen) atoms. The van der Waals surface area contributed by atoms with Crippen LogP contribution in [0.3, 0.4) is 0 Å². The van der Waals surface area contributed by atoms with E-state index in [9.17, 15) is 8.78 Å². The van der Waals surface area contributed by atoms with Crippen LogP contribution in [0, 0.1) is 6.92 Å². The first-order valence-electron chi connectivity index (χ1n) is 7.27. The quantitative estimate of drug-likeness (QED) is 0.818. The summed E-state index contributed by atoms with van der Waals surface area (Å²) in [6.45, 7) is 1.13. The minimum atomic E-state index is -2.86. The lowest BCUT2D eigenvalue weighted by Gasteiger charge is -2.19. The number of anilines is 1. The van der Waals surface area contributed by atoms with Gasteiger partial charge in [0.15, 0.2) is 0 Å². The fourth-order valence-corrected chi connectivity index (χ4v) is 2.39. The Morgan fingerprint density at radius 2 is 2.09 bits per heavy atom. The second-order valence-electron chi connectivity index (χ2n) is 5.13. The number of rotatable bonds is 7. The second-order valence-corrected chi connectivity index (χ2v) is 5.13. The molecule has 6 heteroatoms. The van der Waals surface area contributed by atoms with Gasteiger partial charge in [0.2, 0.25) is 0 Å². The molecule has 1 unspecified atom stereocenters. The van der Waals surface area contributed by atoms with Gasteiger partial charge in [-0.25, -0.2) is 0 Å². The highest BCUT2D eigenvalue weighted by Crippen LogP contribution is 2.29. The molecule has 4 nitrogen and oxygen atoms in total. The number of benzene rings is 1. The van der Waals surface area contributed by atoms with Crippen molar-refractivity contribution in [3.63, 3.8) is 0 Å². The number of ether oxygens (including phenoxy) is 1. The third-order valence-corrected chi connectivity index (χ3v) is 3.46. The molecule has 2 rings (SSSR count). The average Bonchev–Trinajstić information content (AvgIpc) is 2.46. The van der Waals surface area contributed by atoms with Crippen molar-refractivity contribution in [3.8, 4) is 5.75 Å². The first-order chi connectivity index (χ1) is 10.5. The zero-order chi connectivity index (χ0) is 16.1. The Labute approximate surface area is 128 Å². The lowest BCUT2D eigenvalue weighted by atomic mass is 10.1. The van der Waals surface area contributed by atoms with E-state index in [4.69, 9.17) is 5.11 Å². The van der Waals surface area contributed by atoms with Gasteiger partial charge in [-0.2, -0.15) is 8.78 Å². The average molecular weight is 310 g/mol. The van der Waals surface area contributed by atoms with Gasteiger partial charge >= 0.3 is 6.61 Å². The van der Waals surface area contributed by atoms with Crippen LogP contribution < -0.4 is 10.1 Å². The van der Waals surface area contributed by atoms with Crippen LogP contribution >= 0.6 is 0 Å². The molecule has 2 aromatic rings. The van der Waals surface area contributed by atoms with Gasteiger partial charge in [-0.1, -0.05) is 6.92 Å².